The second kappa shape index (κ2) is 21.4. The van der Waals surface area contributed by atoms with Gasteiger partial charge in [0, 0.05) is 6.42 Å². The monoisotopic (exact) mass is 358 g/mol. The number of hydrogen-bond acceptors (Lipinski definition) is 3. The summed E-state index contributed by atoms with van der Waals surface area (Å²) in [6, 6.07) is 0. The molecule has 0 unspecified atom stereocenters. The molecular formula is C21H42O4. The first kappa shape index (κ1) is 24.4. The van der Waals surface area contributed by atoms with Gasteiger partial charge in [-0.15, -0.1) is 0 Å². The van der Waals surface area contributed by atoms with Crippen LogP contribution in [0.3, 0.4) is 0 Å². The van der Waals surface area contributed by atoms with Crippen LogP contribution in [0.5, 0.6) is 0 Å². The number of hydrogen-bond donors (Lipinski definition) is 1. The Morgan fingerprint density at radius 3 is 1.32 bits per heavy atom. The fraction of sp³-hybridized carbons (Fsp3) is 0.952. The van der Waals surface area contributed by atoms with Gasteiger partial charge in [0.2, 0.25) is 0 Å². The van der Waals surface area contributed by atoms with Crippen molar-refractivity contribution in [3.8, 4) is 0 Å². The van der Waals surface area contributed by atoms with Crippen molar-refractivity contribution in [2.45, 2.75) is 116 Å². The van der Waals surface area contributed by atoms with Crippen LogP contribution in [0, 0.1) is 0 Å². The summed E-state index contributed by atoms with van der Waals surface area (Å²) in [5, 5.41) is 8.50. The van der Waals surface area contributed by atoms with Crippen LogP contribution in [-0.2, 0) is 14.6 Å². The third kappa shape index (κ3) is 23.4. The lowest BCUT2D eigenvalue weighted by atomic mass is 10.0. The number of rotatable bonds is 15. The zero-order valence-corrected chi connectivity index (χ0v) is 16.6. The van der Waals surface area contributed by atoms with Crippen LogP contribution in [0.15, 0.2) is 0 Å². The van der Waals surface area contributed by atoms with E-state index < -0.39 is 5.97 Å². The van der Waals surface area contributed by atoms with Crippen molar-refractivity contribution in [2.75, 3.05) is 13.2 Å². The lowest BCUT2D eigenvalue weighted by Gasteiger charge is -2.07. The van der Waals surface area contributed by atoms with Gasteiger partial charge in [-0.05, 0) is 19.3 Å². The number of carboxylic acid groups (broad SMARTS) is 1. The Kier molecular flexibility index (Phi) is 20.9. The van der Waals surface area contributed by atoms with Gasteiger partial charge in [0.05, 0.1) is 13.2 Å². The van der Waals surface area contributed by atoms with E-state index in [1.807, 2.05) is 0 Å². The first-order chi connectivity index (χ1) is 12.3. The van der Waals surface area contributed by atoms with Crippen molar-refractivity contribution in [3.05, 3.63) is 0 Å². The zero-order valence-electron chi connectivity index (χ0n) is 16.6. The first-order valence-electron chi connectivity index (χ1n) is 10.7. The standard InChI is InChI=1S/C17H34O2.C4H8O2/c1-2-3-4-5-6-7-8-9-10-11-12-13-14-15-16-17(18)19;1-2-4-6-5-3-1/h2-16H2,1H3,(H,18,19);1-4H2. The van der Waals surface area contributed by atoms with Crippen LogP contribution < -0.4 is 0 Å². The maximum absolute atomic E-state index is 10.3. The molecule has 1 N–H and O–H groups in total. The molecule has 0 aromatic carbocycles. The summed E-state index contributed by atoms with van der Waals surface area (Å²) in [7, 11) is 0. The number of carbonyl (C=O) groups is 1. The molecule has 4 heteroatoms. The molecule has 0 spiro atoms. The highest BCUT2D eigenvalue weighted by Crippen LogP contribution is 2.13. The average Bonchev–Trinajstić information content (AvgIpc) is 2.64. The molecular weight excluding hydrogens is 316 g/mol. The minimum Gasteiger partial charge on any atom is -0.481 e. The molecule has 1 rings (SSSR count). The number of carboxylic acids is 1. The quantitative estimate of drug-likeness (QED) is 0.262. The molecule has 0 aliphatic carbocycles. The predicted molar refractivity (Wildman–Crippen MR) is 104 cm³/mol. The molecule has 4 nitrogen and oxygen atoms in total. The number of unbranched alkanes of at least 4 members (excludes halogenated alkanes) is 13. The van der Waals surface area contributed by atoms with Gasteiger partial charge < -0.3 is 5.11 Å². The van der Waals surface area contributed by atoms with E-state index in [2.05, 4.69) is 16.7 Å². The van der Waals surface area contributed by atoms with Crippen molar-refractivity contribution >= 4 is 5.97 Å². The largest absolute Gasteiger partial charge is 0.481 e. The Morgan fingerprint density at radius 2 is 1.04 bits per heavy atom. The van der Waals surface area contributed by atoms with Gasteiger partial charge in [-0.2, -0.15) is 0 Å². The van der Waals surface area contributed by atoms with Crippen LogP contribution >= 0.6 is 0 Å². The van der Waals surface area contributed by atoms with E-state index in [0.717, 1.165) is 38.9 Å². The summed E-state index contributed by atoms with van der Waals surface area (Å²) < 4.78 is 0. The molecule has 25 heavy (non-hydrogen) atoms. The minimum atomic E-state index is -0.654. The molecule has 150 valence electrons. The molecule has 0 atom stereocenters. The Hall–Kier alpha value is -0.610. The maximum Gasteiger partial charge on any atom is 0.303 e. The summed E-state index contributed by atoms with van der Waals surface area (Å²) in [5.74, 6) is -0.654. The Bertz CT molecular complexity index is 253. The van der Waals surface area contributed by atoms with E-state index in [4.69, 9.17) is 5.11 Å². The summed E-state index contributed by atoms with van der Waals surface area (Å²) in [4.78, 5) is 19.5. The molecule has 1 aliphatic rings. The van der Waals surface area contributed by atoms with Gasteiger partial charge in [0.25, 0.3) is 0 Å². The van der Waals surface area contributed by atoms with Crippen molar-refractivity contribution in [1.82, 2.24) is 0 Å². The fourth-order valence-electron chi connectivity index (χ4n) is 2.91. The van der Waals surface area contributed by atoms with Gasteiger partial charge in [-0.25, -0.2) is 9.78 Å². The van der Waals surface area contributed by atoms with Gasteiger partial charge in [0.1, 0.15) is 0 Å². The number of aliphatic carboxylic acids is 1. The molecule has 0 aromatic rings. The highest BCUT2D eigenvalue weighted by Gasteiger charge is 1.97. The Labute approximate surface area is 155 Å². The lowest BCUT2D eigenvalue weighted by Crippen LogP contribution is -2.05. The van der Waals surface area contributed by atoms with Gasteiger partial charge in [0.15, 0.2) is 0 Å². The van der Waals surface area contributed by atoms with Crippen LogP contribution in [0.4, 0.5) is 0 Å². The molecule has 1 aliphatic heterocycles. The van der Waals surface area contributed by atoms with E-state index in [9.17, 15) is 4.79 Å². The van der Waals surface area contributed by atoms with Crippen LogP contribution in [-0.4, -0.2) is 24.3 Å². The topological polar surface area (TPSA) is 55.8 Å². The minimum absolute atomic E-state index is 0.345. The third-order valence-electron chi connectivity index (χ3n) is 4.53. The molecule has 0 saturated carbocycles. The van der Waals surface area contributed by atoms with E-state index in [1.54, 1.807) is 0 Å². The lowest BCUT2D eigenvalue weighted by molar-refractivity contribution is -0.312. The van der Waals surface area contributed by atoms with Crippen molar-refractivity contribution < 1.29 is 19.7 Å². The summed E-state index contributed by atoms with van der Waals surface area (Å²) in [6.45, 7) is 3.82. The molecule has 1 fully saturated rings. The summed E-state index contributed by atoms with van der Waals surface area (Å²) in [5.41, 5.74) is 0. The van der Waals surface area contributed by atoms with Crippen LogP contribution in [0.2, 0.25) is 0 Å². The average molecular weight is 359 g/mol. The molecule has 1 saturated heterocycles. The predicted octanol–water partition coefficient (Wildman–Crippen LogP) is 6.67. The Morgan fingerprint density at radius 1 is 0.680 bits per heavy atom. The van der Waals surface area contributed by atoms with Crippen LogP contribution in [0.25, 0.3) is 0 Å². The van der Waals surface area contributed by atoms with Crippen molar-refractivity contribution in [2.24, 2.45) is 0 Å². The first-order valence-corrected chi connectivity index (χ1v) is 10.7. The normalized spacial score (nSPS) is 14.0. The van der Waals surface area contributed by atoms with Crippen molar-refractivity contribution in [1.29, 1.82) is 0 Å². The maximum atomic E-state index is 10.3. The second-order valence-corrected chi connectivity index (χ2v) is 7.09. The molecule has 0 bridgehead atoms. The fourth-order valence-corrected chi connectivity index (χ4v) is 2.91. The van der Waals surface area contributed by atoms with Crippen molar-refractivity contribution in [3.63, 3.8) is 0 Å². The highest BCUT2D eigenvalue weighted by atomic mass is 17.2. The van der Waals surface area contributed by atoms with Gasteiger partial charge >= 0.3 is 5.97 Å². The highest BCUT2D eigenvalue weighted by molar-refractivity contribution is 5.66. The van der Waals surface area contributed by atoms with E-state index in [-0.39, 0.29) is 0 Å². The molecule has 0 amide bonds. The summed E-state index contributed by atoms with van der Waals surface area (Å²) >= 11 is 0. The molecule has 1 heterocycles. The van der Waals surface area contributed by atoms with E-state index in [1.165, 1.54) is 77.0 Å². The van der Waals surface area contributed by atoms with Gasteiger partial charge in [-0.3, -0.25) is 4.79 Å². The van der Waals surface area contributed by atoms with Crippen LogP contribution in [0.1, 0.15) is 116 Å². The summed E-state index contributed by atoms with van der Waals surface area (Å²) in [6.07, 6.45) is 21.0. The molecule has 0 aromatic heterocycles. The second-order valence-electron chi connectivity index (χ2n) is 7.09. The van der Waals surface area contributed by atoms with E-state index in [0.29, 0.717) is 6.42 Å². The van der Waals surface area contributed by atoms with Gasteiger partial charge in [-0.1, -0.05) is 90.4 Å². The Balaban J connectivity index is 0.000000796. The molecule has 0 radical (unpaired) electrons. The zero-order chi connectivity index (χ0) is 18.4. The smallest absolute Gasteiger partial charge is 0.303 e. The van der Waals surface area contributed by atoms with E-state index >= 15 is 0 Å². The third-order valence-corrected chi connectivity index (χ3v) is 4.53. The SMILES string of the molecule is C1CCOOC1.CCCCCCCCCCCCCCCCC(=O)O.